The second-order valence-corrected chi connectivity index (χ2v) is 4.73. The van der Waals surface area contributed by atoms with E-state index in [4.69, 9.17) is 0 Å². The highest BCUT2D eigenvalue weighted by molar-refractivity contribution is 5.28. The number of allylic oxidation sites excluding steroid dienone is 2. The van der Waals surface area contributed by atoms with Crippen LogP contribution >= 0.6 is 0 Å². The monoisotopic (exact) mass is 178 g/mol. The van der Waals surface area contributed by atoms with Crippen LogP contribution in [0.15, 0.2) is 23.8 Å². The van der Waals surface area contributed by atoms with E-state index >= 15 is 0 Å². The molecule has 0 unspecified atom stereocenters. The molecular weight excluding hydrogens is 160 g/mol. The summed E-state index contributed by atoms with van der Waals surface area (Å²) in [6.45, 7) is 6.04. The van der Waals surface area contributed by atoms with E-state index in [0.29, 0.717) is 5.92 Å². The zero-order valence-electron chi connectivity index (χ0n) is 8.34. The molecule has 1 nitrogen and oxygen atoms in total. The Bertz CT molecular complexity index is 260. The Morgan fingerprint density at radius 3 is 3.08 bits per heavy atom. The van der Waals surface area contributed by atoms with Crippen LogP contribution in [-0.4, -0.2) is 10.7 Å². The summed E-state index contributed by atoms with van der Waals surface area (Å²) in [6, 6.07) is 0. The lowest BCUT2D eigenvalue weighted by Gasteiger charge is -2.20. The van der Waals surface area contributed by atoms with Gasteiger partial charge in [0.2, 0.25) is 0 Å². The maximum atomic E-state index is 9.92. The van der Waals surface area contributed by atoms with Gasteiger partial charge in [-0.3, -0.25) is 0 Å². The Morgan fingerprint density at radius 2 is 2.31 bits per heavy atom. The molecule has 2 aliphatic carbocycles. The van der Waals surface area contributed by atoms with E-state index in [1.54, 1.807) is 0 Å². The third-order valence-corrected chi connectivity index (χ3v) is 3.45. The summed E-state index contributed by atoms with van der Waals surface area (Å²) in [5, 5.41) is 9.92. The molecule has 0 aromatic carbocycles. The number of hydrogen-bond donors (Lipinski definition) is 1. The van der Waals surface area contributed by atoms with Gasteiger partial charge in [0, 0.05) is 5.92 Å². The molecule has 2 aliphatic rings. The van der Waals surface area contributed by atoms with E-state index in [-0.39, 0.29) is 0 Å². The molecule has 1 saturated carbocycles. The lowest BCUT2D eigenvalue weighted by molar-refractivity contribution is 0.0524. The molecule has 2 atom stereocenters. The van der Waals surface area contributed by atoms with E-state index in [2.05, 4.69) is 12.7 Å². The quantitative estimate of drug-likeness (QED) is 0.565. The molecule has 1 fully saturated rings. The summed E-state index contributed by atoms with van der Waals surface area (Å²) in [4.78, 5) is 0. The van der Waals surface area contributed by atoms with E-state index in [1.165, 1.54) is 24.0 Å². The molecule has 0 bridgehead atoms. The van der Waals surface area contributed by atoms with Crippen molar-refractivity contribution in [2.24, 2.45) is 5.92 Å². The first-order chi connectivity index (χ1) is 6.08. The van der Waals surface area contributed by atoms with E-state index in [1.807, 2.05) is 6.92 Å². The van der Waals surface area contributed by atoms with Crippen molar-refractivity contribution in [3.05, 3.63) is 23.8 Å². The molecule has 72 valence electrons. The molecule has 0 saturated heterocycles. The number of fused-ring (bicyclic) bond motifs is 1. The van der Waals surface area contributed by atoms with Crippen LogP contribution in [0.25, 0.3) is 0 Å². The van der Waals surface area contributed by atoms with E-state index in [0.717, 1.165) is 19.3 Å². The van der Waals surface area contributed by atoms with Gasteiger partial charge in [-0.25, -0.2) is 0 Å². The first-order valence-corrected chi connectivity index (χ1v) is 5.17. The van der Waals surface area contributed by atoms with Crippen molar-refractivity contribution in [3.8, 4) is 0 Å². The minimum Gasteiger partial charge on any atom is -0.390 e. The summed E-state index contributed by atoms with van der Waals surface area (Å²) in [7, 11) is 0. The van der Waals surface area contributed by atoms with Gasteiger partial charge in [-0.15, -0.1) is 0 Å². The van der Waals surface area contributed by atoms with Gasteiger partial charge in [0.05, 0.1) is 5.60 Å². The highest BCUT2D eigenvalue weighted by atomic mass is 16.3. The van der Waals surface area contributed by atoms with Crippen LogP contribution in [0.2, 0.25) is 0 Å². The van der Waals surface area contributed by atoms with Gasteiger partial charge >= 0.3 is 0 Å². The molecule has 0 spiro atoms. The predicted molar refractivity (Wildman–Crippen MR) is 54.4 cm³/mol. The van der Waals surface area contributed by atoms with Crippen LogP contribution in [0.1, 0.15) is 39.0 Å². The summed E-state index contributed by atoms with van der Waals surface area (Å²) in [5.74, 6) is 0.592. The topological polar surface area (TPSA) is 20.2 Å². The van der Waals surface area contributed by atoms with Gasteiger partial charge in [0.25, 0.3) is 0 Å². The molecule has 0 aromatic rings. The molecule has 13 heavy (non-hydrogen) atoms. The Balaban J connectivity index is 2.20. The van der Waals surface area contributed by atoms with E-state index < -0.39 is 5.60 Å². The van der Waals surface area contributed by atoms with Gasteiger partial charge in [-0.1, -0.05) is 23.8 Å². The molecule has 0 amide bonds. The van der Waals surface area contributed by atoms with Crippen molar-refractivity contribution in [2.75, 3.05) is 0 Å². The minimum absolute atomic E-state index is 0.475. The van der Waals surface area contributed by atoms with Gasteiger partial charge < -0.3 is 5.11 Å². The second kappa shape index (κ2) is 2.98. The Morgan fingerprint density at radius 1 is 1.54 bits per heavy atom. The highest BCUT2D eigenvalue weighted by Gasteiger charge is 2.31. The summed E-state index contributed by atoms with van der Waals surface area (Å²) < 4.78 is 0. The molecule has 0 heterocycles. The van der Waals surface area contributed by atoms with Crippen molar-refractivity contribution >= 4 is 0 Å². The van der Waals surface area contributed by atoms with Crippen molar-refractivity contribution in [1.82, 2.24) is 0 Å². The molecule has 0 radical (unpaired) electrons. The maximum Gasteiger partial charge on any atom is 0.0654 e. The zero-order valence-corrected chi connectivity index (χ0v) is 8.34. The fraction of sp³-hybridized carbons (Fsp3) is 0.667. The number of hydrogen-bond acceptors (Lipinski definition) is 1. The van der Waals surface area contributed by atoms with Crippen LogP contribution in [0.5, 0.6) is 0 Å². The fourth-order valence-corrected chi connectivity index (χ4v) is 2.46. The van der Waals surface area contributed by atoms with Crippen LogP contribution in [0.3, 0.4) is 0 Å². The van der Waals surface area contributed by atoms with Crippen LogP contribution in [-0.2, 0) is 0 Å². The lowest BCUT2D eigenvalue weighted by Crippen LogP contribution is -2.22. The Labute approximate surface area is 80.2 Å². The van der Waals surface area contributed by atoms with Gasteiger partial charge in [-0.2, -0.15) is 0 Å². The summed E-state index contributed by atoms with van der Waals surface area (Å²) in [5.41, 5.74) is 2.43. The fourth-order valence-electron chi connectivity index (χ4n) is 2.46. The molecule has 0 aromatic heterocycles. The van der Waals surface area contributed by atoms with Crippen LogP contribution in [0.4, 0.5) is 0 Å². The van der Waals surface area contributed by atoms with Crippen LogP contribution in [0, 0.1) is 5.92 Å². The third kappa shape index (κ3) is 1.71. The normalized spacial score (nSPS) is 39.7. The predicted octanol–water partition coefficient (Wildman–Crippen LogP) is 2.81. The van der Waals surface area contributed by atoms with Crippen molar-refractivity contribution < 1.29 is 5.11 Å². The number of rotatable bonds is 0. The lowest BCUT2D eigenvalue weighted by atomic mass is 9.92. The Hall–Kier alpha value is -0.560. The molecule has 1 N–H and O–H groups in total. The summed E-state index contributed by atoms with van der Waals surface area (Å²) in [6.07, 6.45) is 7.43. The number of aliphatic hydroxyl groups is 1. The first kappa shape index (κ1) is 9.01. The average Bonchev–Trinajstić information content (AvgIpc) is 2.32. The first-order valence-electron chi connectivity index (χ1n) is 5.17. The minimum atomic E-state index is -0.475. The van der Waals surface area contributed by atoms with Crippen LogP contribution < -0.4 is 0 Å². The SMILES string of the molecule is C=C1CCC2=CC[C@@](C)(O)CC[C@H]12. The molecule has 0 aliphatic heterocycles. The smallest absolute Gasteiger partial charge is 0.0654 e. The van der Waals surface area contributed by atoms with Crippen molar-refractivity contribution in [2.45, 2.75) is 44.6 Å². The standard InChI is InChI=1S/C12H18O/c1-9-3-4-10-5-7-12(2,13)8-6-11(9)10/h5,11,13H,1,3-4,6-8H2,2H3/t11-,12-/m1/s1. The van der Waals surface area contributed by atoms with Gasteiger partial charge in [-0.05, 0) is 39.0 Å². The van der Waals surface area contributed by atoms with Gasteiger partial charge in [0.1, 0.15) is 0 Å². The third-order valence-electron chi connectivity index (χ3n) is 3.45. The molecule has 1 heteroatoms. The zero-order chi connectivity index (χ0) is 9.47. The van der Waals surface area contributed by atoms with E-state index in [9.17, 15) is 5.11 Å². The van der Waals surface area contributed by atoms with Gasteiger partial charge in [0.15, 0.2) is 0 Å². The largest absolute Gasteiger partial charge is 0.390 e. The summed E-state index contributed by atoms with van der Waals surface area (Å²) >= 11 is 0. The van der Waals surface area contributed by atoms with Crippen molar-refractivity contribution in [3.63, 3.8) is 0 Å². The second-order valence-electron chi connectivity index (χ2n) is 4.73. The van der Waals surface area contributed by atoms with Crippen molar-refractivity contribution in [1.29, 1.82) is 0 Å². The maximum absolute atomic E-state index is 9.92. The molecule has 2 rings (SSSR count). The highest BCUT2D eigenvalue weighted by Crippen LogP contribution is 2.42. The molecular formula is C12H18O. The average molecular weight is 178 g/mol. The Kier molecular flexibility index (Phi) is 2.07.